The van der Waals surface area contributed by atoms with E-state index in [4.69, 9.17) is 4.74 Å². The molecule has 1 aromatic carbocycles. The zero-order valence-corrected chi connectivity index (χ0v) is 13.4. The summed E-state index contributed by atoms with van der Waals surface area (Å²) in [7, 11) is 0. The second-order valence-corrected chi connectivity index (χ2v) is 6.60. The molecule has 0 saturated heterocycles. The Labute approximate surface area is 131 Å². The van der Waals surface area contributed by atoms with Crippen molar-refractivity contribution in [3.63, 3.8) is 0 Å². The fraction of sp³-hybridized carbons (Fsp3) is 0.556. The molecule has 1 aromatic rings. The molecular weight excluding hydrogens is 280 g/mol. The summed E-state index contributed by atoms with van der Waals surface area (Å²) >= 11 is 0. The molecular formula is C18H23O4-. The molecule has 22 heavy (non-hydrogen) atoms. The highest BCUT2D eigenvalue weighted by Crippen LogP contribution is 2.35. The predicted molar refractivity (Wildman–Crippen MR) is 81.3 cm³/mol. The van der Waals surface area contributed by atoms with Crippen LogP contribution in [0.5, 0.6) is 0 Å². The van der Waals surface area contributed by atoms with E-state index in [-0.39, 0.29) is 17.2 Å². The van der Waals surface area contributed by atoms with Crippen molar-refractivity contribution in [1.29, 1.82) is 0 Å². The lowest BCUT2D eigenvalue weighted by atomic mass is 9.75. The normalized spacial score (nSPS) is 25.0. The van der Waals surface area contributed by atoms with Crippen molar-refractivity contribution in [2.45, 2.75) is 46.1 Å². The largest absolute Gasteiger partial charge is 0.545 e. The molecule has 0 spiro atoms. The highest BCUT2D eigenvalue weighted by Gasteiger charge is 2.33. The first-order valence-corrected chi connectivity index (χ1v) is 7.91. The van der Waals surface area contributed by atoms with E-state index in [1.165, 1.54) is 12.1 Å². The first kappa shape index (κ1) is 16.5. The highest BCUT2D eigenvalue weighted by molar-refractivity contribution is 6.01. The zero-order chi connectivity index (χ0) is 16.3. The molecule has 4 nitrogen and oxygen atoms in total. The lowest BCUT2D eigenvalue weighted by Crippen LogP contribution is -2.36. The third-order valence-electron chi connectivity index (χ3n) is 4.59. The van der Waals surface area contributed by atoms with Crippen LogP contribution in [0.15, 0.2) is 24.3 Å². The molecule has 4 heteroatoms. The van der Waals surface area contributed by atoms with Crippen molar-refractivity contribution in [2.75, 3.05) is 0 Å². The Kier molecular flexibility index (Phi) is 5.22. The number of carboxylic acids is 1. The van der Waals surface area contributed by atoms with Crippen molar-refractivity contribution in [2.24, 2.45) is 17.8 Å². The van der Waals surface area contributed by atoms with Gasteiger partial charge in [-0.1, -0.05) is 45.4 Å². The van der Waals surface area contributed by atoms with Crippen LogP contribution >= 0.6 is 0 Å². The van der Waals surface area contributed by atoms with E-state index in [1.807, 2.05) is 0 Å². The molecule has 120 valence electrons. The van der Waals surface area contributed by atoms with Crippen LogP contribution in [-0.4, -0.2) is 18.0 Å². The summed E-state index contributed by atoms with van der Waals surface area (Å²) in [4.78, 5) is 23.5. The number of carboxylic acid groups (broad SMARTS) is 1. The molecule has 0 amide bonds. The van der Waals surface area contributed by atoms with Crippen LogP contribution in [-0.2, 0) is 4.74 Å². The number of esters is 1. The maximum Gasteiger partial charge on any atom is 0.339 e. The number of ether oxygens (including phenoxy) is 1. The van der Waals surface area contributed by atoms with E-state index in [2.05, 4.69) is 20.8 Å². The molecule has 2 rings (SSSR count). The summed E-state index contributed by atoms with van der Waals surface area (Å²) in [6, 6.07) is 6.05. The van der Waals surface area contributed by atoms with Crippen molar-refractivity contribution in [1.82, 2.24) is 0 Å². The van der Waals surface area contributed by atoms with E-state index in [0.29, 0.717) is 17.8 Å². The van der Waals surface area contributed by atoms with Gasteiger partial charge in [0.15, 0.2) is 0 Å². The summed E-state index contributed by atoms with van der Waals surface area (Å²) in [5, 5.41) is 11.1. The maximum absolute atomic E-state index is 12.4. The van der Waals surface area contributed by atoms with E-state index in [0.717, 1.165) is 19.3 Å². The average Bonchev–Trinajstić information content (AvgIpc) is 2.46. The number of hydrogen-bond donors (Lipinski definition) is 0. The Morgan fingerprint density at radius 3 is 2.41 bits per heavy atom. The molecule has 0 radical (unpaired) electrons. The van der Waals surface area contributed by atoms with Gasteiger partial charge in [-0.15, -0.1) is 0 Å². The second-order valence-electron chi connectivity index (χ2n) is 6.60. The average molecular weight is 303 g/mol. The van der Waals surface area contributed by atoms with Crippen molar-refractivity contribution >= 4 is 11.9 Å². The van der Waals surface area contributed by atoms with Gasteiger partial charge < -0.3 is 14.6 Å². The molecule has 0 aromatic heterocycles. The minimum absolute atomic E-state index is 0.0724. The fourth-order valence-electron chi connectivity index (χ4n) is 3.29. The van der Waals surface area contributed by atoms with Gasteiger partial charge in [-0.3, -0.25) is 0 Å². The van der Waals surface area contributed by atoms with Gasteiger partial charge in [0.25, 0.3) is 0 Å². The van der Waals surface area contributed by atoms with Gasteiger partial charge in [0.1, 0.15) is 6.10 Å². The molecule has 1 aliphatic carbocycles. The van der Waals surface area contributed by atoms with Crippen molar-refractivity contribution in [3.05, 3.63) is 35.4 Å². The lowest BCUT2D eigenvalue weighted by Gasteiger charge is -2.36. The molecule has 0 unspecified atom stereocenters. The number of hydrogen-bond acceptors (Lipinski definition) is 4. The number of benzene rings is 1. The van der Waals surface area contributed by atoms with Gasteiger partial charge in [-0.25, -0.2) is 4.79 Å². The van der Waals surface area contributed by atoms with Crippen LogP contribution in [0.3, 0.4) is 0 Å². The second kappa shape index (κ2) is 6.95. The Balaban J connectivity index is 2.18. The van der Waals surface area contributed by atoms with Gasteiger partial charge in [-0.05, 0) is 36.7 Å². The highest BCUT2D eigenvalue weighted by atomic mass is 16.5. The smallest absolute Gasteiger partial charge is 0.339 e. The molecule has 1 saturated carbocycles. The maximum atomic E-state index is 12.4. The zero-order valence-electron chi connectivity index (χ0n) is 13.4. The standard InChI is InChI=1S/C18H24O4/c1-11(2)13-9-8-12(3)10-16(13)22-18(21)15-7-5-4-6-14(15)17(19)20/h4-7,11-13,16H,8-10H2,1-3H3,(H,19,20)/p-1/t12-,13+,16-/m0/s1. The summed E-state index contributed by atoms with van der Waals surface area (Å²) in [5.41, 5.74) is -0.0410. The van der Waals surface area contributed by atoms with Crippen LogP contribution in [0.1, 0.15) is 60.7 Å². The summed E-state index contributed by atoms with van der Waals surface area (Å²) in [5.74, 6) is -0.643. The third-order valence-corrected chi connectivity index (χ3v) is 4.59. The SMILES string of the molecule is CC(C)[C@H]1CC[C@H](C)C[C@@H]1OC(=O)c1ccccc1C(=O)[O-]. The minimum Gasteiger partial charge on any atom is -0.545 e. The Hall–Kier alpha value is -1.84. The Morgan fingerprint density at radius 2 is 1.82 bits per heavy atom. The first-order chi connectivity index (χ1) is 10.4. The van der Waals surface area contributed by atoms with Crippen molar-refractivity contribution in [3.8, 4) is 0 Å². The fourth-order valence-corrected chi connectivity index (χ4v) is 3.29. The van der Waals surface area contributed by atoms with Crippen molar-refractivity contribution < 1.29 is 19.4 Å². The predicted octanol–water partition coefficient (Wildman–Crippen LogP) is 2.67. The number of carbonyl (C=O) groups is 2. The first-order valence-electron chi connectivity index (χ1n) is 7.91. The molecule has 3 atom stereocenters. The van der Waals surface area contributed by atoms with E-state index >= 15 is 0 Å². The van der Waals surface area contributed by atoms with Crippen LogP contribution in [0.25, 0.3) is 0 Å². The third kappa shape index (κ3) is 3.67. The minimum atomic E-state index is -1.36. The Morgan fingerprint density at radius 1 is 1.18 bits per heavy atom. The number of carbonyl (C=O) groups excluding carboxylic acids is 2. The van der Waals surface area contributed by atoms with Crippen LogP contribution in [0, 0.1) is 17.8 Å². The van der Waals surface area contributed by atoms with Crippen LogP contribution in [0.4, 0.5) is 0 Å². The quantitative estimate of drug-likeness (QED) is 0.802. The van der Waals surface area contributed by atoms with Crippen LogP contribution in [0.2, 0.25) is 0 Å². The molecule has 0 heterocycles. The van der Waals surface area contributed by atoms with E-state index in [9.17, 15) is 14.7 Å². The van der Waals surface area contributed by atoms with Gasteiger partial charge in [0, 0.05) is 5.56 Å². The molecule has 0 N–H and O–H groups in total. The molecule has 1 fully saturated rings. The number of aromatic carboxylic acids is 1. The van der Waals surface area contributed by atoms with Gasteiger partial charge in [0.05, 0.1) is 11.5 Å². The molecule has 0 bridgehead atoms. The van der Waals surface area contributed by atoms with Gasteiger partial charge in [0.2, 0.25) is 0 Å². The molecule has 1 aliphatic rings. The lowest BCUT2D eigenvalue weighted by molar-refractivity contribution is -0.255. The summed E-state index contributed by atoms with van der Waals surface area (Å²) < 4.78 is 5.68. The van der Waals surface area contributed by atoms with Crippen LogP contribution < -0.4 is 5.11 Å². The van der Waals surface area contributed by atoms with E-state index in [1.54, 1.807) is 12.1 Å². The van der Waals surface area contributed by atoms with Gasteiger partial charge >= 0.3 is 5.97 Å². The summed E-state index contributed by atoms with van der Waals surface area (Å²) in [6.45, 7) is 6.43. The Bertz CT molecular complexity index is 550. The van der Waals surface area contributed by atoms with Gasteiger partial charge in [-0.2, -0.15) is 0 Å². The van der Waals surface area contributed by atoms with E-state index < -0.39 is 11.9 Å². The summed E-state index contributed by atoms with van der Waals surface area (Å²) in [6.07, 6.45) is 2.87. The number of rotatable bonds is 4. The monoisotopic (exact) mass is 303 g/mol. The topological polar surface area (TPSA) is 66.4 Å². The molecule has 0 aliphatic heterocycles.